The monoisotopic (exact) mass is 250 g/mol. The van der Waals surface area contributed by atoms with Gasteiger partial charge < -0.3 is 10.1 Å². The summed E-state index contributed by atoms with van der Waals surface area (Å²) in [5.74, 6) is 0.171. The molecule has 0 saturated heterocycles. The maximum atomic E-state index is 11.6. The summed E-state index contributed by atoms with van der Waals surface area (Å²) in [6, 6.07) is 5.08. The summed E-state index contributed by atoms with van der Waals surface area (Å²) >= 11 is 0. The molecule has 1 aromatic carbocycles. The van der Waals surface area contributed by atoms with Gasteiger partial charge in [0, 0.05) is 7.05 Å². The van der Waals surface area contributed by atoms with Crippen molar-refractivity contribution >= 4 is 11.9 Å². The summed E-state index contributed by atoms with van der Waals surface area (Å²) in [7, 11) is 1.44. The number of benzene rings is 1. The zero-order valence-corrected chi connectivity index (χ0v) is 11.0. The number of hydrogen-bond donors (Lipinski definition) is 2. The lowest BCUT2D eigenvalue weighted by molar-refractivity contribution is -0.126. The minimum absolute atomic E-state index is 0.477. The van der Waals surface area contributed by atoms with Gasteiger partial charge in [-0.1, -0.05) is 12.1 Å². The first-order valence-electron chi connectivity index (χ1n) is 5.71. The summed E-state index contributed by atoms with van der Waals surface area (Å²) in [6.07, 6.45) is -0.734. The summed E-state index contributed by atoms with van der Waals surface area (Å²) in [4.78, 5) is 22.6. The molecule has 1 rings (SSSR count). The number of carbonyl (C=O) groups is 2. The molecular weight excluding hydrogens is 232 g/mol. The van der Waals surface area contributed by atoms with Gasteiger partial charge in [0.2, 0.25) is 0 Å². The Labute approximate surface area is 107 Å². The highest BCUT2D eigenvalue weighted by molar-refractivity contribution is 5.96. The average molecular weight is 250 g/mol. The number of ether oxygens (including phenoxy) is 1. The summed E-state index contributed by atoms with van der Waals surface area (Å²) in [6.45, 7) is 5.49. The Bertz CT molecular complexity index is 458. The van der Waals surface area contributed by atoms with E-state index < -0.39 is 18.0 Å². The number of rotatable bonds is 3. The Hall–Kier alpha value is -2.04. The van der Waals surface area contributed by atoms with Gasteiger partial charge in [0.15, 0.2) is 6.10 Å². The smallest absolute Gasteiger partial charge is 0.321 e. The molecular formula is C13H18N2O3. The normalized spacial score (nSPS) is 11.6. The SMILES string of the molecule is CNC(=O)NC(=O)C(C)Oc1cccc(C)c1C. The molecule has 18 heavy (non-hydrogen) atoms. The second-order valence-corrected chi connectivity index (χ2v) is 4.03. The van der Waals surface area contributed by atoms with E-state index in [0.29, 0.717) is 5.75 Å². The van der Waals surface area contributed by atoms with Crippen LogP contribution in [0.4, 0.5) is 4.79 Å². The van der Waals surface area contributed by atoms with Crippen LogP contribution in [0.3, 0.4) is 0 Å². The maximum absolute atomic E-state index is 11.6. The van der Waals surface area contributed by atoms with E-state index in [4.69, 9.17) is 4.74 Å². The van der Waals surface area contributed by atoms with Crippen LogP contribution in [0.2, 0.25) is 0 Å². The molecule has 0 fully saturated rings. The fraction of sp³-hybridized carbons (Fsp3) is 0.385. The number of carbonyl (C=O) groups excluding carboxylic acids is 2. The van der Waals surface area contributed by atoms with Crippen LogP contribution in [-0.4, -0.2) is 25.1 Å². The zero-order chi connectivity index (χ0) is 13.7. The summed E-state index contributed by atoms with van der Waals surface area (Å²) in [5, 5.41) is 4.48. The van der Waals surface area contributed by atoms with Gasteiger partial charge in [-0.2, -0.15) is 0 Å². The second-order valence-electron chi connectivity index (χ2n) is 4.03. The van der Waals surface area contributed by atoms with Crippen molar-refractivity contribution in [1.29, 1.82) is 0 Å². The van der Waals surface area contributed by atoms with Crippen molar-refractivity contribution in [3.63, 3.8) is 0 Å². The van der Waals surface area contributed by atoms with E-state index in [-0.39, 0.29) is 0 Å². The van der Waals surface area contributed by atoms with E-state index >= 15 is 0 Å². The van der Waals surface area contributed by atoms with Crippen LogP contribution < -0.4 is 15.4 Å². The van der Waals surface area contributed by atoms with Crippen LogP contribution >= 0.6 is 0 Å². The van der Waals surface area contributed by atoms with Crippen molar-refractivity contribution in [3.8, 4) is 5.75 Å². The van der Waals surface area contributed by atoms with Crippen LogP contribution in [-0.2, 0) is 4.79 Å². The Kier molecular flexibility index (Phi) is 4.71. The van der Waals surface area contributed by atoms with Gasteiger partial charge in [-0.3, -0.25) is 10.1 Å². The van der Waals surface area contributed by atoms with Crippen molar-refractivity contribution in [2.45, 2.75) is 26.9 Å². The Balaban J connectivity index is 2.69. The van der Waals surface area contributed by atoms with Gasteiger partial charge in [0.1, 0.15) is 5.75 Å². The van der Waals surface area contributed by atoms with Crippen molar-refractivity contribution in [1.82, 2.24) is 10.6 Å². The molecule has 0 spiro atoms. The molecule has 0 bridgehead atoms. The van der Waals surface area contributed by atoms with Crippen molar-refractivity contribution in [2.75, 3.05) is 7.05 Å². The minimum atomic E-state index is -0.734. The minimum Gasteiger partial charge on any atom is -0.481 e. The van der Waals surface area contributed by atoms with Crippen molar-refractivity contribution < 1.29 is 14.3 Å². The zero-order valence-electron chi connectivity index (χ0n) is 11.0. The van der Waals surface area contributed by atoms with Crippen molar-refractivity contribution in [2.24, 2.45) is 0 Å². The first-order chi connectivity index (χ1) is 8.45. The molecule has 1 atom stereocenters. The third-order valence-corrected chi connectivity index (χ3v) is 2.69. The molecule has 98 valence electrons. The molecule has 5 heteroatoms. The largest absolute Gasteiger partial charge is 0.481 e. The van der Waals surface area contributed by atoms with Gasteiger partial charge in [0.25, 0.3) is 5.91 Å². The molecule has 2 N–H and O–H groups in total. The van der Waals surface area contributed by atoms with Crippen LogP contribution in [0.25, 0.3) is 0 Å². The molecule has 0 heterocycles. The molecule has 0 aliphatic rings. The quantitative estimate of drug-likeness (QED) is 0.854. The first kappa shape index (κ1) is 14.0. The standard InChI is InChI=1S/C13H18N2O3/c1-8-6-5-7-11(9(8)2)18-10(3)12(16)15-13(17)14-4/h5-7,10H,1-4H3,(H2,14,15,16,17). The molecule has 0 aliphatic carbocycles. The second kappa shape index (κ2) is 6.05. The molecule has 0 saturated carbocycles. The van der Waals surface area contributed by atoms with Crippen LogP contribution in [0.15, 0.2) is 18.2 Å². The Morgan fingerprint density at radius 1 is 1.28 bits per heavy atom. The molecule has 1 unspecified atom stereocenters. The van der Waals surface area contributed by atoms with Gasteiger partial charge in [-0.25, -0.2) is 4.79 Å². The number of urea groups is 1. The van der Waals surface area contributed by atoms with Crippen LogP contribution in [0, 0.1) is 13.8 Å². The van der Waals surface area contributed by atoms with Gasteiger partial charge >= 0.3 is 6.03 Å². The highest BCUT2D eigenvalue weighted by Gasteiger charge is 2.17. The van der Waals surface area contributed by atoms with E-state index in [2.05, 4.69) is 10.6 Å². The Morgan fingerprint density at radius 2 is 1.94 bits per heavy atom. The van der Waals surface area contributed by atoms with Gasteiger partial charge in [-0.15, -0.1) is 0 Å². The predicted molar refractivity (Wildman–Crippen MR) is 68.6 cm³/mol. The van der Waals surface area contributed by atoms with Crippen LogP contribution in [0.5, 0.6) is 5.75 Å². The molecule has 1 aromatic rings. The topological polar surface area (TPSA) is 67.4 Å². The van der Waals surface area contributed by atoms with E-state index in [0.717, 1.165) is 11.1 Å². The van der Waals surface area contributed by atoms with Crippen molar-refractivity contribution in [3.05, 3.63) is 29.3 Å². The number of nitrogens with one attached hydrogen (secondary N) is 2. The number of imide groups is 1. The molecule has 0 aromatic heterocycles. The maximum Gasteiger partial charge on any atom is 0.321 e. The van der Waals surface area contributed by atoms with E-state index in [1.165, 1.54) is 7.05 Å². The Morgan fingerprint density at radius 3 is 2.56 bits per heavy atom. The highest BCUT2D eigenvalue weighted by atomic mass is 16.5. The third-order valence-electron chi connectivity index (χ3n) is 2.69. The van der Waals surface area contributed by atoms with Gasteiger partial charge in [0.05, 0.1) is 0 Å². The average Bonchev–Trinajstić information content (AvgIpc) is 2.34. The predicted octanol–water partition coefficient (Wildman–Crippen LogP) is 1.53. The summed E-state index contributed by atoms with van der Waals surface area (Å²) < 4.78 is 5.54. The summed E-state index contributed by atoms with van der Waals surface area (Å²) in [5.41, 5.74) is 2.07. The lowest BCUT2D eigenvalue weighted by Crippen LogP contribution is -2.44. The van der Waals surface area contributed by atoms with E-state index in [9.17, 15) is 9.59 Å². The number of amides is 3. The van der Waals surface area contributed by atoms with E-state index in [1.807, 2.05) is 26.0 Å². The fourth-order valence-electron chi connectivity index (χ4n) is 1.37. The third kappa shape index (κ3) is 3.48. The first-order valence-corrected chi connectivity index (χ1v) is 5.71. The molecule has 0 radical (unpaired) electrons. The lowest BCUT2D eigenvalue weighted by Gasteiger charge is -2.16. The highest BCUT2D eigenvalue weighted by Crippen LogP contribution is 2.21. The number of hydrogen-bond acceptors (Lipinski definition) is 3. The van der Waals surface area contributed by atoms with E-state index in [1.54, 1.807) is 13.0 Å². The molecule has 0 aliphatic heterocycles. The van der Waals surface area contributed by atoms with Gasteiger partial charge in [-0.05, 0) is 38.0 Å². The number of aryl methyl sites for hydroxylation is 1. The fourth-order valence-corrected chi connectivity index (χ4v) is 1.37. The molecule has 5 nitrogen and oxygen atoms in total. The van der Waals surface area contributed by atoms with Crippen LogP contribution in [0.1, 0.15) is 18.1 Å². The lowest BCUT2D eigenvalue weighted by atomic mass is 10.1. The molecule has 3 amide bonds.